The Hall–Kier alpha value is -3.70. The van der Waals surface area contributed by atoms with E-state index in [1.54, 1.807) is 10.8 Å². The third-order valence-electron chi connectivity index (χ3n) is 6.71. The van der Waals surface area contributed by atoms with Crippen molar-refractivity contribution in [2.45, 2.75) is 31.1 Å². The standard InChI is InChI=1S/C29H29N3O2/c1-31-21-19-30-27(31)28(33)32-20-11-18-26(32)29(24-14-7-3-8-15-24,25-16-9-4-10-17-25)34-22-23-12-5-2-6-13-23/h2-10,12-17,19,21,26H,11,18,20,22H2,1H3/t26-/m0/s1. The van der Waals surface area contributed by atoms with E-state index >= 15 is 0 Å². The molecule has 0 bridgehead atoms. The molecule has 172 valence electrons. The Kier molecular flexibility index (Phi) is 6.28. The number of carbonyl (C=O) groups is 1. The number of carbonyl (C=O) groups excluding carboxylic acids is 1. The molecule has 0 saturated carbocycles. The number of benzene rings is 3. The minimum absolute atomic E-state index is 0.0606. The van der Waals surface area contributed by atoms with Gasteiger partial charge in [0.15, 0.2) is 5.82 Å². The van der Waals surface area contributed by atoms with E-state index in [4.69, 9.17) is 4.74 Å². The zero-order valence-corrected chi connectivity index (χ0v) is 19.4. The van der Waals surface area contributed by atoms with Gasteiger partial charge in [-0.15, -0.1) is 0 Å². The Morgan fingerprint density at radius 1 is 0.941 bits per heavy atom. The molecule has 4 aromatic rings. The number of amides is 1. The van der Waals surface area contributed by atoms with Gasteiger partial charge in [0.2, 0.25) is 0 Å². The molecule has 5 nitrogen and oxygen atoms in total. The minimum Gasteiger partial charge on any atom is -0.359 e. The number of nitrogens with zero attached hydrogens (tertiary/aromatic N) is 3. The molecule has 0 radical (unpaired) electrons. The molecule has 0 aliphatic carbocycles. The van der Waals surface area contributed by atoms with Gasteiger partial charge >= 0.3 is 0 Å². The summed E-state index contributed by atoms with van der Waals surface area (Å²) in [6.07, 6.45) is 5.24. The molecule has 34 heavy (non-hydrogen) atoms. The molecule has 1 aliphatic heterocycles. The van der Waals surface area contributed by atoms with E-state index in [-0.39, 0.29) is 11.9 Å². The van der Waals surface area contributed by atoms with Gasteiger partial charge in [0.1, 0.15) is 5.60 Å². The monoisotopic (exact) mass is 451 g/mol. The van der Waals surface area contributed by atoms with Gasteiger partial charge in [0.05, 0.1) is 12.6 Å². The summed E-state index contributed by atoms with van der Waals surface area (Å²) in [6.45, 7) is 1.11. The second kappa shape index (κ2) is 9.65. The van der Waals surface area contributed by atoms with Crippen molar-refractivity contribution in [2.24, 2.45) is 7.05 Å². The number of aromatic nitrogens is 2. The summed E-state index contributed by atoms with van der Waals surface area (Å²) in [5.41, 5.74) is 2.36. The van der Waals surface area contributed by atoms with Crippen LogP contribution in [-0.4, -0.2) is 32.9 Å². The first-order valence-electron chi connectivity index (χ1n) is 11.8. The number of hydrogen-bond acceptors (Lipinski definition) is 3. The minimum atomic E-state index is -0.824. The van der Waals surface area contributed by atoms with Crippen LogP contribution in [0.3, 0.4) is 0 Å². The zero-order valence-electron chi connectivity index (χ0n) is 19.4. The molecule has 1 aliphatic rings. The molecule has 1 fully saturated rings. The van der Waals surface area contributed by atoms with Crippen LogP contribution in [0.4, 0.5) is 0 Å². The SMILES string of the molecule is Cn1ccnc1C(=O)N1CCC[C@H]1C(OCc1ccccc1)(c1ccccc1)c1ccccc1. The van der Waals surface area contributed by atoms with E-state index in [0.717, 1.165) is 29.5 Å². The molecule has 0 unspecified atom stereocenters. The lowest BCUT2D eigenvalue weighted by molar-refractivity contribution is -0.0748. The van der Waals surface area contributed by atoms with Gasteiger partial charge in [0, 0.05) is 26.0 Å². The van der Waals surface area contributed by atoms with Gasteiger partial charge in [-0.1, -0.05) is 91.0 Å². The number of ether oxygens (including phenoxy) is 1. The zero-order chi connectivity index (χ0) is 23.4. The van der Waals surface area contributed by atoms with Crippen LogP contribution >= 0.6 is 0 Å². The molecule has 5 heteroatoms. The predicted molar refractivity (Wildman–Crippen MR) is 132 cm³/mol. The molecule has 0 spiro atoms. The van der Waals surface area contributed by atoms with Crippen LogP contribution in [-0.2, 0) is 24.0 Å². The lowest BCUT2D eigenvalue weighted by Crippen LogP contribution is -2.52. The summed E-state index contributed by atoms with van der Waals surface area (Å²) in [7, 11) is 1.86. The second-order valence-electron chi connectivity index (χ2n) is 8.76. The average Bonchev–Trinajstić information content (AvgIpc) is 3.56. The number of likely N-dealkylation sites (tertiary alicyclic amines) is 1. The maximum atomic E-state index is 13.7. The van der Waals surface area contributed by atoms with Crippen molar-refractivity contribution in [3.63, 3.8) is 0 Å². The highest BCUT2D eigenvalue weighted by Gasteiger charge is 2.50. The van der Waals surface area contributed by atoms with E-state index < -0.39 is 5.60 Å². The highest BCUT2D eigenvalue weighted by atomic mass is 16.5. The van der Waals surface area contributed by atoms with Crippen molar-refractivity contribution >= 4 is 5.91 Å². The van der Waals surface area contributed by atoms with Gasteiger partial charge < -0.3 is 14.2 Å². The fourth-order valence-corrected chi connectivity index (χ4v) is 5.09. The third-order valence-corrected chi connectivity index (χ3v) is 6.71. The third kappa shape index (κ3) is 4.03. The summed E-state index contributed by atoms with van der Waals surface area (Å²) >= 11 is 0. The fraction of sp³-hybridized carbons (Fsp3) is 0.241. The Balaban J connectivity index is 1.64. The predicted octanol–water partition coefficient (Wildman–Crippen LogP) is 5.19. The molecule has 3 aromatic carbocycles. The summed E-state index contributed by atoms with van der Waals surface area (Å²) in [5, 5.41) is 0. The molecule has 1 atom stereocenters. The highest BCUT2D eigenvalue weighted by Crippen LogP contribution is 2.44. The van der Waals surface area contributed by atoms with Crippen molar-refractivity contribution in [3.8, 4) is 0 Å². The Morgan fingerprint density at radius 3 is 2.09 bits per heavy atom. The molecule has 5 rings (SSSR count). The van der Waals surface area contributed by atoms with E-state index in [1.165, 1.54) is 0 Å². The van der Waals surface area contributed by atoms with Gasteiger partial charge in [-0.25, -0.2) is 4.98 Å². The summed E-state index contributed by atoms with van der Waals surface area (Å²) < 4.78 is 8.77. The Labute approximate surface area is 200 Å². The molecule has 1 saturated heterocycles. The fourth-order valence-electron chi connectivity index (χ4n) is 5.09. The van der Waals surface area contributed by atoms with E-state index in [2.05, 4.69) is 41.4 Å². The Bertz CT molecular complexity index is 1180. The largest absolute Gasteiger partial charge is 0.359 e. The second-order valence-corrected chi connectivity index (χ2v) is 8.76. The van der Waals surface area contributed by atoms with Crippen LogP contribution in [0.15, 0.2) is 103 Å². The summed E-state index contributed by atoms with van der Waals surface area (Å²) in [4.78, 5) is 20.0. The van der Waals surface area contributed by atoms with Crippen LogP contribution in [0.25, 0.3) is 0 Å². The van der Waals surface area contributed by atoms with Crippen LogP contribution in [0.5, 0.6) is 0 Å². The molecule has 1 amide bonds. The summed E-state index contributed by atoms with van der Waals surface area (Å²) in [5.74, 6) is 0.388. The highest BCUT2D eigenvalue weighted by molar-refractivity contribution is 5.91. The first-order chi connectivity index (χ1) is 16.7. The lowest BCUT2D eigenvalue weighted by Gasteiger charge is -2.44. The Morgan fingerprint density at radius 2 is 1.53 bits per heavy atom. The summed E-state index contributed by atoms with van der Waals surface area (Å²) in [6, 6.07) is 30.7. The van der Waals surface area contributed by atoms with E-state index in [0.29, 0.717) is 19.0 Å². The van der Waals surface area contributed by atoms with Gasteiger partial charge in [-0.2, -0.15) is 0 Å². The number of imidazole rings is 1. The first kappa shape index (κ1) is 22.1. The van der Waals surface area contributed by atoms with Crippen LogP contribution in [0, 0.1) is 0 Å². The van der Waals surface area contributed by atoms with Crippen molar-refractivity contribution in [1.29, 1.82) is 0 Å². The smallest absolute Gasteiger partial charge is 0.290 e. The van der Waals surface area contributed by atoms with Crippen molar-refractivity contribution in [1.82, 2.24) is 14.5 Å². The number of rotatable bonds is 7. The van der Waals surface area contributed by atoms with Crippen molar-refractivity contribution in [3.05, 3.63) is 126 Å². The van der Waals surface area contributed by atoms with E-state index in [1.807, 2.05) is 72.7 Å². The topological polar surface area (TPSA) is 47.4 Å². The molecular formula is C29H29N3O2. The number of hydrogen-bond donors (Lipinski definition) is 0. The lowest BCUT2D eigenvalue weighted by atomic mass is 9.78. The quantitative estimate of drug-likeness (QED) is 0.389. The van der Waals surface area contributed by atoms with Gasteiger partial charge in [-0.05, 0) is 29.5 Å². The number of aryl methyl sites for hydroxylation is 1. The van der Waals surface area contributed by atoms with Gasteiger partial charge in [0.25, 0.3) is 5.91 Å². The van der Waals surface area contributed by atoms with Gasteiger partial charge in [-0.3, -0.25) is 4.79 Å². The van der Waals surface area contributed by atoms with Crippen molar-refractivity contribution < 1.29 is 9.53 Å². The molecule has 0 N–H and O–H groups in total. The van der Waals surface area contributed by atoms with Crippen LogP contribution in [0.2, 0.25) is 0 Å². The molecule has 2 heterocycles. The maximum Gasteiger partial charge on any atom is 0.290 e. The first-order valence-corrected chi connectivity index (χ1v) is 11.8. The van der Waals surface area contributed by atoms with Crippen LogP contribution < -0.4 is 0 Å². The maximum absolute atomic E-state index is 13.7. The average molecular weight is 452 g/mol. The van der Waals surface area contributed by atoms with Crippen LogP contribution in [0.1, 0.15) is 40.2 Å². The van der Waals surface area contributed by atoms with Crippen molar-refractivity contribution in [2.75, 3.05) is 6.54 Å². The normalized spacial score (nSPS) is 16.0. The molecular weight excluding hydrogens is 422 g/mol. The molecule has 1 aromatic heterocycles. The van der Waals surface area contributed by atoms with E-state index in [9.17, 15) is 4.79 Å².